The van der Waals surface area contributed by atoms with Crippen LogP contribution in [0.3, 0.4) is 0 Å². The van der Waals surface area contributed by atoms with Crippen LogP contribution in [-0.2, 0) is 0 Å². The van der Waals surface area contributed by atoms with Crippen LogP contribution in [0.2, 0.25) is 0 Å². The van der Waals surface area contributed by atoms with Crippen molar-refractivity contribution in [3.05, 3.63) is 50.2 Å². The molecule has 0 bridgehead atoms. The van der Waals surface area contributed by atoms with Gasteiger partial charge in [-0.3, -0.25) is 9.78 Å². The van der Waals surface area contributed by atoms with Gasteiger partial charge < -0.3 is 4.98 Å². The number of benzene rings is 1. The van der Waals surface area contributed by atoms with E-state index in [1.807, 2.05) is 45.9 Å². The lowest BCUT2D eigenvalue weighted by Gasteiger charge is -2.04. The van der Waals surface area contributed by atoms with Gasteiger partial charge in [0.05, 0.1) is 10.9 Å². The lowest BCUT2D eigenvalue weighted by Crippen LogP contribution is -2.22. The Labute approximate surface area is 105 Å². The second-order valence-electron chi connectivity index (χ2n) is 3.63. The maximum absolute atomic E-state index is 11.6. The Morgan fingerprint density at radius 1 is 1.11 bits per heavy atom. The molecule has 2 aromatic rings. The molecule has 4 nitrogen and oxygen atoms in total. The second kappa shape index (κ2) is 6.00. The van der Waals surface area contributed by atoms with Crippen LogP contribution in [0.25, 0.3) is 17.0 Å². The van der Waals surface area contributed by atoms with E-state index < -0.39 is 5.69 Å². The highest BCUT2D eigenvalue weighted by atomic mass is 16.2. The van der Waals surface area contributed by atoms with E-state index in [1.165, 1.54) is 0 Å². The first-order valence-corrected chi connectivity index (χ1v) is 6.02. The van der Waals surface area contributed by atoms with Gasteiger partial charge in [-0.05, 0) is 25.5 Å². The van der Waals surface area contributed by atoms with Crippen molar-refractivity contribution >= 4 is 17.0 Å². The summed E-state index contributed by atoms with van der Waals surface area (Å²) in [5.41, 5.74) is 1.65. The third-order valence-electron chi connectivity index (χ3n) is 2.51. The van der Waals surface area contributed by atoms with Crippen LogP contribution < -0.4 is 11.2 Å². The van der Waals surface area contributed by atoms with Crippen LogP contribution in [0.15, 0.2) is 27.8 Å². The van der Waals surface area contributed by atoms with Crippen molar-refractivity contribution in [1.82, 2.24) is 9.97 Å². The van der Waals surface area contributed by atoms with E-state index in [1.54, 1.807) is 6.07 Å². The van der Waals surface area contributed by atoms with Crippen LogP contribution in [0, 0.1) is 6.92 Å². The Morgan fingerprint density at radius 2 is 1.78 bits per heavy atom. The molecule has 0 spiro atoms. The number of H-pyrrole nitrogens is 2. The van der Waals surface area contributed by atoms with E-state index in [4.69, 9.17) is 0 Å². The molecule has 2 rings (SSSR count). The molecule has 1 heterocycles. The van der Waals surface area contributed by atoms with Crippen molar-refractivity contribution in [2.24, 2.45) is 0 Å². The molecule has 1 aromatic carbocycles. The summed E-state index contributed by atoms with van der Waals surface area (Å²) in [5.74, 6) is 0. The van der Waals surface area contributed by atoms with Crippen molar-refractivity contribution in [2.75, 3.05) is 0 Å². The first-order chi connectivity index (χ1) is 8.63. The van der Waals surface area contributed by atoms with Gasteiger partial charge in [-0.2, -0.15) is 0 Å². The summed E-state index contributed by atoms with van der Waals surface area (Å²) in [4.78, 5) is 27.7. The fourth-order valence-corrected chi connectivity index (χ4v) is 1.74. The Balaban J connectivity index is 0.000000771. The quantitative estimate of drug-likeness (QED) is 0.812. The summed E-state index contributed by atoms with van der Waals surface area (Å²) in [7, 11) is 0. The highest BCUT2D eigenvalue weighted by Gasteiger charge is 2.05. The van der Waals surface area contributed by atoms with Crippen molar-refractivity contribution in [1.29, 1.82) is 0 Å². The minimum atomic E-state index is -0.478. The third kappa shape index (κ3) is 2.59. The molecule has 4 heteroatoms. The molecule has 0 aliphatic rings. The smallest absolute Gasteiger partial charge is 0.306 e. The van der Waals surface area contributed by atoms with Crippen LogP contribution in [0.5, 0.6) is 0 Å². The fraction of sp³-hybridized carbons (Fsp3) is 0.286. The van der Waals surface area contributed by atoms with Gasteiger partial charge in [0.15, 0.2) is 0 Å². The maximum atomic E-state index is 11.6. The zero-order chi connectivity index (χ0) is 13.7. The van der Waals surface area contributed by atoms with Gasteiger partial charge in [-0.25, -0.2) is 4.79 Å². The molecule has 2 N–H and O–H groups in total. The zero-order valence-corrected chi connectivity index (χ0v) is 11.1. The molecule has 1 aromatic heterocycles. The van der Waals surface area contributed by atoms with Gasteiger partial charge in [-0.1, -0.05) is 32.1 Å². The molecular formula is C14H18N2O2. The number of nitrogens with one attached hydrogen (secondary N) is 2. The Bertz CT molecular complexity index is 678. The number of hydrogen-bond acceptors (Lipinski definition) is 2. The van der Waals surface area contributed by atoms with E-state index in [0.717, 1.165) is 11.1 Å². The van der Waals surface area contributed by atoms with Crippen LogP contribution in [-0.4, -0.2) is 9.97 Å². The largest absolute Gasteiger partial charge is 0.326 e. The molecule has 96 valence electrons. The van der Waals surface area contributed by atoms with Crippen LogP contribution in [0.1, 0.15) is 31.9 Å². The van der Waals surface area contributed by atoms with E-state index in [-0.39, 0.29) is 5.56 Å². The number of aromatic amines is 2. The van der Waals surface area contributed by atoms with Crippen LogP contribution >= 0.6 is 0 Å². The number of hydrogen-bond donors (Lipinski definition) is 2. The summed E-state index contributed by atoms with van der Waals surface area (Å²) >= 11 is 0. The molecule has 0 saturated heterocycles. The van der Waals surface area contributed by atoms with Gasteiger partial charge in [0.2, 0.25) is 0 Å². The minimum absolute atomic E-state index is 0.357. The number of rotatable bonds is 1. The lowest BCUT2D eigenvalue weighted by molar-refractivity contribution is 1.08. The molecule has 18 heavy (non-hydrogen) atoms. The molecule has 0 saturated carbocycles. The average molecular weight is 246 g/mol. The Hall–Kier alpha value is -2.10. The Morgan fingerprint density at radius 3 is 2.39 bits per heavy atom. The molecule has 0 amide bonds. The van der Waals surface area contributed by atoms with Gasteiger partial charge in [0.1, 0.15) is 0 Å². The molecule has 0 radical (unpaired) electrons. The van der Waals surface area contributed by atoms with E-state index in [9.17, 15) is 9.59 Å². The second-order valence-corrected chi connectivity index (χ2v) is 3.63. The topological polar surface area (TPSA) is 65.7 Å². The Kier molecular flexibility index (Phi) is 4.66. The highest BCUT2D eigenvalue weighted by Crippen LogP contribution is 2.18. The number of aromatic nitrogens is 2. The first kappa shape index (κ1) is 14.0. The molecule has 0 atom stereocenters. The predicted octanol–water partition coefficient (Wildman–Crippen LogP) is 2.58. The summed E-state index contributed by atoms with van der Waals surface area (Å²) in [6.07, 6.45) is 3.76. The number of aryl methyl sites for hydroxylation is 1. The monoisotopic (exact) mass is 246 g/mol. The highest BCUT2D eigenvalue weighted by molar-refractivity contribution is 5.87. The van der Waals surface area contributed by atoms with Crippen LogP contribution in [0.4, 0.5) is 0 Å². The number of fused-ring (bicyclic) bond motifs is 1. The van der Waals surface area contributed by atoms with Crippen molar-refractivity contribution < 1.29 is 0 Å². The zero-order valence-electron chi connectivity index (χ0n) is 11.1. The first-order valence-electron chi connectivity index (χ1n) is 6.02. The van der Waals surface area contributed by atoms with E-state index in [2.05, 4.69) is 9.97 Å². The fourth-order valence-electron chi connectivity index (χ4n) is 1.74. The standard InChI is InChI=1S/C12H12N2O2.C2H6/c1-3-4-8-7(2)5-6-9-10(8)13-12(16)14-11(9)15;1-2/h3-6H,1-2H3,(H2,13,14,15,16);1-2H3/b4-3-;. The minimum Gasteiger partial charge on any atom is -0.306 e. The SMILES string of the molecule is C/C=C\c1c(C)ccc2c(=O)[nH]c(=O)[nH]c12.CC. The summed E-state index contributed by atoms with van der Waals surface area (Å²) < 4.78 is 0. The molecular weight excluding hydrogens is 228 g/mol. The van der Waals surface area contributed by atoms with Gasteiger partial charge in [0, 0.05) is 5.56 Å². The summed E-state index contributed by atoms with van der Waals surface area (Å²) in [6, 6.07) is 3.58. The molecule has 0 aliphatic heterocycles. The molecule has 0 fully saturated rings. The molecule has 0 unspecified atom stereocenters. The van der Waals surface area contributed by atoms with Gasteiger partial charge in [-0.15, -0.1) is 0 Å². The summed E-state index contributed by atoms with van der Waals surface area (Å²) in [6.45, 7) is 7.83. The van der Waals surface area contributed by atoms with Gasteiger partial charge in [0.25, 0.3) is 5.56 Å². The molecule has 0 aliphatic carbocycles. The normalized spacial score (nSPS) is 10.4. The number of allylic oxidation sites excluding steroid dienone is 1. The summed E-state index contributed by atoms with van der Waals surface area (Å²) in [5, 5.41) is 0.498. The van der Waals surface area contributed by atoms with Crippen molar-refractivity contribution in [3.8, 4) is 0 Å². The average Bonchev–Trinajstić information content (AvgIpc) is 2.35. The van der Waals surface area contributed by atoms with E-state index in [0.29, 0.717) is 10.9 Å². The predicted molar refractivity (Wildman–Crippen MR) is 76.0 cm³/mol. The van der Waals surface area contributed by atoms with Gasteiger partial charge >= 0.3 is 5.69 Å². The van der Waals surface area contributed by atoms with E-state index >= 15 is 0 Å². The van der Waals surface area contributed by atoms with Crippen molar-refractivity contribution in [3.63, 3.8) is 0 Å². The lowest BCUT2D eigenvalue weighted by atomic mass is 10.0. The van der Waals surface area contributed by atoms with Crippen molar-refractivity contribution in [2.45, 2.75) is 27.7 Å². The third-order valence-corrected chi connectivity index (χ3v) is 2.51. The maximum Gasteiger partial charge on any atom is 0.326 e.